The molecule has 21 heavy (non-hydrogen) atoms. The highest BCUT2D eigenvalue weighted by Crippen LogP contribution is 2.34. The number of nitrogens with zero attached hydrogens (tertiary/aromatic N) is 1. The molecule has 2 rings (SSSR count). The van der Waals surface area contributed by atoms with Crippen LogP contribution in [0.4, 0.5) is 4.79 Å². The van der Waals surface area contributed by atoms with Crippen LogP contribution in [0.1, 0.15) is 58.8 Å². The number of nitrogens with one attached hydrogen (secondary N) is 1. The number of carbonyl (C=O) groups is 2. The van der Waals surface area contributed by atoms with E-state index in [4.69, 9.17) is 0 Å². The Kier molecular flexibility index (Phi) is 5.12. The van der Waals surface area contributed by atoms with Gasteiger partial charge in [-0.25, -0.2) is 4.79 Å². The molecular formula is C16H28N2O3. The Labute approximate surface area is 127 Å². The van der Waals surface area contributed by atoms with Gasteiger partial charge >= 0.3 is 12.0 Å². The molecule has 0 aromatic carbocycles. The predicted molar refractivity (Wildman–Crippen MR) is 81.1 cm³/mol. The minimum absolute atomic E-state index is 0.00668. The van der Waals surface area contributed by atoms with Crippen LogP contribution in [-0.2, 0) is 4.79 Å². The van der Waals surface area contributed by atoms with Gasteiger partial charge in [-0.1, -0.05) is 19.3 Å². The van der Waals surface area contributed by atoms with Crippen LogP contribution in [0.15, 0.2) is 0 Å². The topological polar surface area (TPSA) is 69.6 Å². The molecule has 0 bridgehead atoms. The summed E-state index contributed by atoms with van der Waals surface area (Å²) in [6, 6.07) is 0.298. The number of amides is 2. The van der Waals surface area contributed by atoms with Crippen LogP contribution < -0.4 is 5.32 Å². The van der Waals surface area contributed by atoms with Gasteiger partial charge in [0.15, 0.2) is 0 Å². The van der Waals surface area contributed by atoms with Crippen LogP contribution in [0.25, 0.3) is 0 Å². The number of piperidine rings is 1. The van der Waals surface area contributed by atoms with E-state index in [1.54, 1.807) is 13.8 Å². The molecule has 2 N–H and O–H groups in total. The molecule has 2 aliphatic rings. The maximum Gasteiger partial charge on any atom is 0.317 e. The molecular weight excluding hydrogens is 268 g/mol. The summed E-state index contributed by atoms with van der Waals surface area (Å²) in [6.45, 7) is 4.83. The average Bonchev–Trinajstić information content (AvgIpc) is 2.48. The van der Waals surface area contributed by atoms with Gasteiger partial charge in [0.05, 0.1) is 5.41 Å². The molecule has 120 valence electrons. The van der Waals surface area contributed by atoms with E-state index in [9.17, 15) is 14.7 Å². The van der Waals surface area contributed by atoms with Crippen molar-refractivity contribution in [3.05, 3.63) is 0 Å². The van der Waals surface area contributed by atoms with Crippen molar-refractivity contribution in [3.63, 3.8) is 0 Å². The summed E-state index contributed by atoms with van der Waals surface area (Å²) in [7, 11) is 0. The van der Waals surface area contributed by atoms with E-state index in [1.165, 1.54) is 19.3 Å². The highest BCUT2D eigenvalue weighted by Gasteiger charge is 2.40. The van der Waals surface area contributed by atoms with Gasteiger partial charge in [0.1, 0.15) is 0 Å². The molecule has 1 aliphatic heterocycles. The zero-order valence-corrected chi connectivity index (χ0v) is 13.2. The average molecular weight is 296 g/mol. The Balaban J connectivity index is 1.90. The molecule has 1 saturated heterocycles. The Morgan fingerprint density at radius 3 is 2.38 bits per heavy atom. The van der Waals surface area contributed by atoms with Crippen LogP contribution in [-0.4, -0.2) is 41.1 Å². The van der Waals surface area contributed by atoms with E-state index in [0.29, 0.717) is 12.6 Å². The summed E-state index contributed by atoms with van der Waals surface area (Å²) in [5.74, 6) is -0.747. The van der Waals surface area contributed by atoms with Gasteiger partial charge in [0.25, 0.3) is 0 Å². The van der Waals surface area contributed by atoms with E-state index in [2.05, 4.69) is 5.32 Å². The van der Waals surface area contributed by atoms with Crippen LogP contribution in [0.5, 0.6) is 0 Å². The maximum absolute atomic E-state index is 12.4. The third kappa shape index (κ3) is 3.89. The summed E-state index contributed by atoms with van der Waals surface area (Å²) in [4.78, 5) is 25.6. The molecule has 1 unspecified atom stereocenters. The molecule has 5 heteroatoms. The summed E-state index contributed by atoms with van der Waals surface area (Å²) in [5, 5.41) is 12.5. The van der Waals surface area contributed by atoms with Crippen molar-refractivity contribution in [3.8, 4) is 0 Å². The quantitative estimate of drug-likeness (QED) is 0.841. The van der Waals surface area contributed by atoms with Gasteiger partial charge < -0.3 is 15.3 Å². The molecule has 1 aliphatic carbocycles. The normalized spacial score (nSPS) is 24.7. The van der Waals surface area contributed by atoms with Gasteiger partial charge in [0.2, 0.25) is 0 Å². The fourth-order valence-electron chi connectivity index (χ4n) is 3.44. The Hall–Kier alpha value is -1.26. The van der Waals surface area contributed by atoms with Gasteiger partial charge in [-0.15, -0.1) is 0 Å². The van der Waals surface area contributed by atoms with Crippen molar-refractivity contribution in [2.24, 2.45) is 11.3 Å². The largest absolute Gasteiger partial charge is 0.481 e. The Bertz CT molecular complexity index is 389. The number of carbonyl (C=O) groups excluding carboxylic acids is 1. The highest BCUT2D eigenvalue weighted by molar-refractivity contribution is 5.76. The lowest BCUT2D eigenvalue weighted by Crippen LogP contribution is -2.52. The second kappa shape index (κ2) is 6.67. The lowest BCUT2D eigenvalue weighted by molar-refractivity contribution is -0.151. The van der Waals surface area contributed by atoms with Crippen molar-refractivity contribution >= 4 is 12.0 Å². The van der Waals surface area contributed by atoms with Crippen LogP contribution in [0.2, 0.25) is 0 Å². The fourth-order valence-corrected chi connectivity index (χ4v) is 3.44. The van der Waals surface area contributed by atoms with Gasteiger partial charge in [-0.2, -0.15) is 0 Å². The lowest BCUT2D eigenvalue weighted by Gasteiger charge is -2.39. The van der Waals surface area contributed by atoms with Crippen molar-refractivity contribution in [1.82, 2.24) is 10.2 Å². The first-order valence-corrected chi connectivity index (χ1v) is 8.20. The molecule has 2 fully saturated rings. The number of likely N-dealkylation sites (tertiary alicyclic amines) is 1. The number of aliphatic carboxylic acids is 1. The van der Waals surface area contributed by atoms with E-state index < -0.39 is 11.4 Å². The van der Waals surface area contributed by atoms with Crippen molar-refractivity contribution < 1.29 is 14.7 Å². The molecule has 2 amide bonds. The second-order valence-corrected chi connectivity index (χ2v) is 7.10. The second-order valence-electron chi connectivity index (χ2n) is 7.10. The zero-order chi connectivity index (χ0) is 15.5. The number of carboxylic acid groups (broad SMARTS) is 1. The SMILES string of the molecule is CC(C)(C(=O)O)C1CCCN(C(=O)NC2CCCCC2)C1. The highest BCUT2D eigenvalue weighted by atomic mass is 16.4. The van der Waals surface area contributed by atoms with E-state index in [-0.39, 0.29) is 11.9 Å². The standard InChI is InChI=1S/C16H28N2O3/c1-16(2,14(19)20)12-7-6-10-18(11-12)15(21)17-13-8-4-3-5-9-13/h12-13H,3-11H2,1-2H3,(H,17,21)(H,19,20). The monoisotopic (exact) mass is 296 g/mol. The number of hydrogen-bond donors (Lipinski definition) is 2. The molecule has 1 heterocycles. The Morgan fingerprint density at radius 2 is 1.76 bits per heavy atom. The summed E-state index contributed by atoms with van der Waals surface area (Å²) in [6.07, 6.45) is 7.57. The summed E-state index contributed by atoms with van der Waals surface area (Å²) in [5.41, 5.74) is -0.774. The number of rotatable bonds is 3. The first-order valence-electron chi connectivity index (χ1n) is 8.20. The van der Waals surface area contributed by atoms with Gasteiger partial charge in [0, 0.05) is 19.1 Å². The number of hydrogen-bond acceptors (Lipinski definition) is 2. The third-order valence-electron chi connectivity index (χ3n) is 5.21. The van der Waals surface area contributed by atoms with Gasteiger partial charge in [-0.05, 0) is 45.4 Å². The minimum Gasteiger partial charge on any atom is -0.481 e. The molecule has 0 radical (unpaired) electrons. The first kappa shape index (κ1) is 16.1. The molecule has 0 aromatic heterocycles. The molecule has 1 atom stereocenters. The molecule has 1 saturated carbocycles. The molecule has 5 nitrogen and oxygen atoms in total. The first-order chi connectivity index (χ1) is 9.91. The Morgan fingerprint density at radius 1 is 1.10 bits per heavy atom. The van der Waals surface area contributed by atoms with Crippen LogP contribution >= 0.6 is 0 Å². The smallest absolute Gasteiger partial charge is 0.317 e. The third-order valence-corrected chi connectivity index (χ3v) is 5.21. The van der Waals surface area contributed by atoms with Crippen molar-refractivity contribution in [2.45, 2.75) is 64.8 Å². The maximum atomic E-state index is 12.4. The van der Waals surface area contributed by atoms with Crippen molar-refractivity contribution in [1.29, 1.82) is 0 Å². The van der Waals surface area contributed by atoms with Crippen LogP contribution in [0, 0.1) is 11.3 Å². The van der Waals surface area contributed by atoms with Crippen LogP contribution in [0.3, 0.4) is 0 Å². The number of urea groups is 1. The van der Waals surface area contributed by atoms with E-state index in [0.717, 1.165) is 32.2 Å². The van der Waals surface area contributed by atoms with E-state index >= 15 is 0 Å². The van der Waals surface area contributed by atoms with E-state index in [1.807, 2.05) is 4.90 Å². The predicted octanol–water partition coefficient (Wildman–Crippen LogP) is 2.85. The number of carboxylic acids is 1. The fraction of sp³-hybridized carbons (Fsp3) is 0.875. The zero-order valence-electron chi connectivity index (χ0n) is 13.2. The molecule has 0 spiro atoms. The van der Waals surface area contributed by atoms with Gasteiger partial charge in [-0.3, -0.25) is 4.79 Å². The van der Waals surface area contributed by atoms with Crippen molar-refractivity contribution in [2.75, 3.05) is 13.1 Å². The minimum atomic E-state index is -0.776. The lowest BCUT2D eigenvalue weighted by atomic mass is 9.74. The summed E-state index contributed by atoms with van der Waals surface area (Å²) >= 11 is 0. The molecule has 0 aromatic rings. The summed E-state index contributed by atoms with van der Waals surface area (Å²) < 4.78 is 0.